The lowest BCUT2D eigenvalue weighted by atomic mass is 10.2. The topological polar surface area (TPSA) is 57.3 Å². The van der Waals surface area contributed by atoms with E-state index in [0.29, 0.717) is 17.9 Å². The van der Waals surface area contributed by atoms with Crippen LogP contribution in [0.2, 0.25) is 0 Å². The first-order valence-electron chi connectivity index (χ1n) is 8.54. The van der Waals surface area contributed by atoms with Crippen molar-refractivity contribution in [2.45, 2.75) is 6.54 Å². The van der Waals surface area contributed by atoms with Crippen molar-refractivity contribution in [3.05, 3.63) is 83.8 Å². The molecule has 3 rings (SSSR count). The molecule has 0 aliphatic rings. The Morgan fingerprint density at radius 3 is 2.30 bits per heavy atom. The summed E-state index contributed by atoms with van der Waals surface area (Å²) in [7, 11) is 3.93. The first-order valence-corrected chi connectivity index (χ1v) is 8.54. The van der Waals surface area contributed by atoms with Crippen LogP contribution in [-0.4, -0.2) is 25.0 Å². The van der Waals surface area contributed by atoms with Crippen LogP contribution in [0.1, 0.15) is 15.9 Å². The summed E-state index contributed by atoms with van der Waals surface area (Å²) in [5, 5.41) is 6.00. The van der Waals surface area contributed by atoms with Crippen molar-refractivity contribution < 1.29 is 9.18 Å². The highest BCUT2D eigenvalue weighted by atomic mass is 19.1. The second-order valence-electron chi connectivity index (χ2n) is 6.31. The second kappa shape index (κ2) is 8.31. The van der Waals surface area contributed by atoms with Gasteiger partial charge in [-0.25, -0.2) is 9.37 Å². The molecule has 1 aromatic heterocycles. The summed E-state index contributed by atoms with van der Waals surface area (Å²) in [6.45, 7) is 0.525. The van der Waals surface area contributed by atoms with Gasteiger partial charge in [-0.2, -0.15) is 0 Å². The zero-order chi connectivity index (χ0) is 19.2. The van der Waals surface area contributed by atoms with E-state index in [9.17, 15) is 9.18 Å². The Morgan fingerprint density at radius 1 is 1.00 bits per heavy atom. The molecule has 6 heteroatoms. The minimum Gasteiger partial charge on any atom is -0.378 e. The number of anilines is 3. The number of carbonyl (C=O) groups is 1. The van der Waals surface area contributed by atoms with E-state index < -0.39 is 0 Å². The van der Waals surface area contributed by atoms with Gasteiger partial charge in [-0.15, -0.1) is 0 Å². The van der Waals surface area contributed by atoms with Crippen LogP contribution in [0.25, 0.3) is 0 Å². The fourth-order valence-corrected chi connectivity index (χ4v) is 2.47. The lowest BCUT2D eigenvalue weighted by molar-refractivity contribution is 0.102. The molecule has 0 saturated carbocycles. The van der Waals surface area contributed by atoms with E-state index in [1.165, 1.54) is 18.3 Å². The van der Waals surface area contributed by atoms with Crippen LogP contribution in [0, 0.1) is 5.82 Å². The number of pyridine rings is 1. The number of rotatable bonds is 6. The van der Waals surface area contributed by atoms with Gasteiger partial charge in [0, 0.05) is 38.2 Å². The van der Waals surface area contributed by atoms with Gasteiger partial charge in [-0.1, -0.05) is 12.1 Å². The van der Waals surface area contributed by atoms with E-state index in [1.807, 2.05) is 43.3 Å². The summed E-state index contributed by atoms with van der Waals surface area (Å²) in [6, 6.07) is 17.3. The van der Waals surface area contributed by atoms with Gasteiger partial charge in [0.1, 0.15) is 11.6 Å². The van der Waals surface area contributed by atoms with Crippen LogP contribution in [0.4, 0.5) is 21.6 Å². The Morgan fingerprint density at radius 2 is 1.70 bits per heavy atom. The molecule has 27 heavy (non-hydrogen) atoms. The second-order valence-corrected chi connectivity index (χ2v) is 6.31. The van der Waals surface area contributed by atoms with Crippen molar-refractivity contribution in [1.29, 1.82) is 0 Å². The molecular formula is C21H21FN4O. The van der Waals surface area contributed by atoms with Crippen LogP contribution in [-0.2, 0) is 6.54 Å². The van der Waals surface area contributed by atoms with Crippen molar-refractivity contribution in [2.75, 3.05) is 29.6 Å². The highest BCUT2D eigenvalue weighted by molar-refractivity contribution is 6.04. The molecule has 1 amide bonds. The molecule has 0 aliphatic carbocycles. The molecule has 0 saturated heterocycles. The van der Waals surface area contributed by atoms with E-state index in [-0.39, 0.29) is 11.7 Å². The molecule has 2 N–H and O–H groups in total. The van der Waals surface area contributed by atoms with Crippen molar-refractivity contribution in [1.82, 2.24) is 4.98 Å². The van der Waals surface area contributed by atoms with Gasteiger partial charge in [0.25, 0.3) is 5.91 Å². The Labute approximate surface area is 157 Å². The zero-order valence-corrected chi connectivity index (χ0v) is 15.2. The van der Waals surface area contributed by atoms with Crippen molar-refractivity contribution in [2.24, 2.45) is 0 Å². The Balaban J connectivity index is 1.57. The Hall–Kier alpha value is -3.41. The Kier molecular flexibility index (Phi) is 5.66. The standard InChI is InChI=1S/C21H21FN4O/c1-26(2)19-10-8-18(9-11-19)25-21(27)16-5-12-20(24-14-16)23-13-15-3-6-17(22)7-4-15/h3-12,14H,13H2,1-2H3,(H,23,24)(H,25,27). The summed E-state index contributed by atoms with van der Waals surface area (Å²) in [4.78, 5) is 18.6. The number of aromatic nitrogens is 1. The van der Waals surface area contributed by atoms with Crippen molar-refractivity contribution in [3.8, 4) is 0 Å². The van der Waals surface area contributed by atoms with Gasteiger partial charge < -0.3 is 15.5 Å². The minimum atomic E-state index is -0.261. The van der Waals surface area contributed by atoms with Crippen LogP contribution in [0.5, 0.6) is 0 Å². The molecule has 0 atom stereocenters. The first-order chi connectivity index (χ1) is 13.0. The molecule has 3 aromatic rings. The molecule has 0 bridgehead atoms. The van der Waals surface area contributed by atoms with Crippen LogP contribution in [0.15, 0.2) is 66.9 Å². The van der Waals surface area contributed by atoms with Crippen LogP contribution in [0.3, 0.4) is 0 Å². The summed E-state index contributed by atoms with van der Waals surface area (Å²) >= 11 is 0. The van der Waals surface area contributed by atoms with Crippen molar-refractivity contribution >= 4 is 23.1 Å². The maximum atomic E-state index is 12.9. The van der Waals surface area contributed by atoms with Crippen LogP contribution < -0.4 is 15.5 Å². The molecular weight excluding hydrogens is 343 g/mol. The number of nitrogens with one attached hydrogen (secondary N) is 2. The van der Waals surface area contributed by atoms with Crippen molar-refractivity contribution in [3.63, 3.8) is 0 Å². The zero-order valence-electron chi connectivity index (χ0n) is 15.2. The number of amides is 1. The monoisotopic (exact) mass is 364 g/mol. The lowest BCUT2D eigenvalue weighted by Crippen LogP contribution is -2.13. The number of carbonyl (C=O) groups excluding carboxylic acids is 1. The molecule has 138 valence electrons. The Bertz CT molecular complexity index is 891. The lowest BCUT2D eigenvalue weighted by Gasteiger charge is -2.13. The van der Waals surface area contributed by atoms with Gasteiger partial charge >= 0.3 is 0 Å². The predicted octanol–water partition coefficient (Wildman–Crippen LogP) is 4.15. The molecule has 0 unspecified atom stereocenters. The van der Waals surface area contributed by atoms with E-state index >= 15 is 0 Å². The molecule has 0 aliphatic heterocycles. The number of hydrogen-bond donors (Lipinski definition) is 2. The normalized spacial score (nSPS) is 10.3. The quantitative estimate of drug-likeness (QED) is 0.690. The smallest absolute Gasteiger partial charge is 0.257 e. The summed E-state index contributed by atoms with van der Waals surface area (Å²) < 4.78 is 12.9. The molecule has 2 aromatic carbocycles. The molecule has 0 radical (unpaired) electrons. The van der Waals surface area contributed by atoms with E-state index in [4.69, 9.17) is 0 Å². The average Bonchev–Trinajstić information content (AvgIpc) is 2.68. The number of nitrogens with zero attached hydrogens (tertiary/aromatic N) is 2. The number of halogens is 1. The van der Waals surface area contributed by atoms with E-state index in [1.54, 1.807) is 24.3 Å². The van der Waals surface area contributed by atoms with Gasteiger partial charge in [0.05, 0.1) is 5.56 Å². The minimum absolute atomic E-state index is 0.217. The molecule has 0 spiro atoms. The molecule has 1 heterocycles. The van der Waals surface area contributed by atoms with E-state index in [0.717, 1.165) is 16.9 Å². The average molecular weight is 364 g/mol. The first kappa shape index (κ1) is 18.4. The molecule has 5 nitrogen and oxygen atoms in total. The van der Waals surface area contributed by atoms with Gasteiger partial charge in [-0.05, 0) is 54.1 Å². The van der Waals surface area contributed by atoms with E-state index in [2.05, 4.69) is 15.6 Å². The fourth-order valence-electron chi connectivity index (χ4n) is 2.47. The third kappa shape index (κ3) is 5.04. The third-order valence-corrected chi connectivity index (χ3v) is 4.05. The predicted molar refractivity (Wildman–Crippen MR) is 107 cm³/mol. The fraction of sp³-hybridized carbons (Fsp3) is 0.143. The van der Waals surface area contributed by atoms with Crippen LogP contribution >= 0.6 is 0 Å². The van der Waals surface area contributed by atoms with Gasteiger partial charge in [-0.3, -0.25) is 4.79 Å². The molecule has 0 fully saturated rings. The highest BCUT2D eigenvalue weighted by Gasteiger charge is 2.07. The summed E-state index contributed by atoms with van der Waals surface area (Å²) in [5.41, 5.74) is 3.20. The van der Waals surface area contributed by atoms with Gasteiger partial charge in [0.2, 0.25) is 0 Å². The van der Waals surface area contributed by atoms with Gasteiger partial charge in [0.15, 0.2) is 0 Å². The summed E-state index contributed by atoms with van der Waals surface area (Å²) in [6.07, 6.45) is 1.52. The number of hydrogen-bond acceptors (Lipinski definition) is 4. The maximum Gasteiger partial charge on any atom is 0.257 e. The third-order valence-electron chi connectivity index (χ3n) is 4.05. The highest BCUT2D eigenvalue weighted by Crippen LogP contribution is 2.17. The number of benzene rings is 2. The maximum absolute atomic E-state index is 12.9. The summed E-state index contributed by atoms with van der Waals surface area (Å²) in [5.74, 6) is 0.167. The SMILES string of the molecule is CN(C)c1ccc(NC(=O)c2ccc(NCc3ccc(F)cc3)nc2)cc1. The largest absolute Gasteiger partial charge is 0.378 e.